The van der Waals surface area contributed by atoms with Crippen LogP contribution >= 0.6 is 0 Å². The molecule has 0 heteroatoms. The van der Waals surface area contributed by atoms with E-state index in [-0.39, 0.29) is 5.41 Å². The molecule has 0 N–H and O–H groups in total. The minimum Gasteiger partial charge on any atom is -0.0622 e. The molecule has 0 heterocycles. The number of benzene rings is 10. The summed E-state index contributed by atoms with van der Waals surface area (Å²) < 4.78 is 0. The zero-order chi connectivity index (χ0) is 35.3. The number of rotatable bonds is 3. The molecule has 0 nitrogen and oxygen atoms in total. The molecule has 0 bridgehead atoms. The Morgan fingerprint density at radius 2 is 0.774 bits per heavy atom. The van der Waals surface area contributed by atoms with Gasteiger partial charge in [-0.05, 0) is 116 Å². The first-order valence-electron chi connectivity index (χ1n) is 18.7. The van der Waals surface area contributed by atoms with Gasteiger partial charge in [0.2, 0.25) is 0 Å². The Kier molecular flexibility index (Phi) is 6.40. The highest BCUT2D eigenvalue weighted by molar-refractivity contribution is 6.24. The molecule has 0 amide bonds. The summed E-state index contributed by atoms with van der Waals surface area (Å²) in [4.78, 5) is 0. The van der Waals surface area contributed by atoms with E-state index >= 15 is 0 Å². The molecular weight excluding hydrogens is 637 g/mol. The SMILES string of the molecule is CC1(C)c2ccccc2-c2c1c1ccc(-c3ccc(-c4c5ccccc5c(-c5ccccc5)c5ccccc45)c4ccccc34)cc1c1ccccc21. The average Bonchev–Trinajstić information content (AvgIpc) is 3.46. The Labute approximate surface area is 309 Å². The third-order valence-corrected chi connectivity index (χ3v) is 12.0. The predicted molar refractivity (Wildman–Crippen MR) is 228 cm³/mol. The normalized spacial score (nSPS) is 13.2. The van der Waals surface area contributed by atoms with Gasteiger partial charge in [0, 0.05) is 5.41 Å². The molecule has 0 aliphatic heterocycles. The monoisotopic (exact) mass is 672 g/mol. The Hall–Kier alpha value is -6.50. The minimum absolute atomic E-state index is 0.0916. The summed E-state index contributed by atoms with van der Waals surface area (Å²) in [6, 6.07) is 67.7. The lowest BCUT2D eigenvalue weighted by atomic mass is 9.78. The molecular formula is C53H36. The Morgan fingerprint density at radius 3 is 1.43 bits per heavy atom. The fraction of sp³-hybridized carbons (Fsp3) is 0.0566. The summed E-state index contributed by atoms with van der Waals surface area (Å²) in [6.07, 6.45) is 0. The minimum atomic E-state index is -0.0916. The van der Waals surface area contributed by atoms with Crippen molar-refractivity contribution >= 4 is 53.9 Å². The van der Waals surface area contributed by atoms with Crippen LogP contribution in [0.1, 0.15) is 25.0 Å². The fourth-order valence-electron chi connectivity index (χ4n) is 9.77. The van der Waals surface area contributed by atoms with Crippen molar-refractivity contribution in [2.24, 2.45) is 0 Å². The average molecular weight is 673 g/mol. The van der Waals surface area contributed by atoms with Gasteiger partial charge in [-0.25, -0.2) is 0 Å². The third-order valence-electron chi connectivity index (χ3n) is 12.0. The smallest absolute Gasteiger partial charge is 0.0165 e. The van der Waals surface area contributed by atoms with Crippen LogP contribution in [-0.2, 0) is 5.41 Å². The van der Waals surface area contributed by atoms with Crippen molar-refractivity contribution in [3.63, 3.8) is 0 Å². The van der Waals surface area contributed by atoms with Crippen molar-refractivity contribution in [3.8, 4) is 44.5 Å². The molecule has 11 rings (SSSR count). The molecule has 0 saturated carbocycles. The van der Waals surface area contributed by atoms with Crippen molar-refractivity contribution in [2.45, 2.75) is 19.3 Å². The maximum atomic E-state index is 2.46. The number of hydrogen-bond donors (Lipinski definition) is 0. The molecule has 248 valence electrons. The Balaban J connectivity index is 1.17. The molecule has 0 unspecified atom stereocenters. The first-order valence-corrected chi connectivity index (χ1v) is 18.7. The van der Waals surface area contributed by atoms with Crippen molar-refractivity contribution in [1.82, 2.24) is 0 Å². The molecule has 0 radical (unpaired) electrons. The van der Waals surface area contributed by atoms with Gasteiger partial charge in [-0.3, -0.25) is 0 Å². The largest absolute Gasteiger partial charge is 0.0622 e. The molecule has 0 fully saturated rings. The van der Waals surface area contributed by atoms with Crippen LogP contribution in [0.4, 0.5) is 0 Å². The zero-order valence-corrected chi connectivity index (χ0v) is 29.8. The topological polar surface area (TPSA) is 0 Å². The molecule has 0 saturated heterocycles. The van der Waals surface area contributed by atoms with Crippen molar-refractivity contribution < 1.29 is 0 Å². The molecule has 10 aromatic rings. The molecule has 1 aliphatic rings. The van der Waals surface area contributed by atoms with E-state index in [9.17, 15) is 0 Å². The molecule has 10 aromatic carbocycles. The van der Waals surface area contributed by atoms with Crippen molar-refractivity contribution in [1.29, 1.82) is 0 Å². The van der Waals surface area contributed by atoms with E-state index in [0.29, 0.717) is 0 Å². The maximum Gasteiger partial charge on any atom is 0.0165 e. The summed E-state index contributed by atoms with van der Waals surface area (Å²) >= 11 is 0. The highest BCUT2D eigenvalue weighted by Crippen LogP contribution is 2.55. The summed E-state index contributed by atoms with van der Waals surface area (Å²) in [5.74, 6) is 0. The van der Waals surface area contributed by atoms with E-state index in [1.54, 1.807) is 0 Å². The van der Waals surface area contributed by atoms with Crippen LogP contribution in [0.3, 0.4) is 0 Å². The molecule has 53 heavy (non-hydrogen) atoms. The van der Waals surface area contributed by atoms with Gasteiger partial charge in [-0.1, -0.05) is 190 Å². The second-order valence-electron chi connectivity index (χ2n) is 15.1. The van der Waals surface area contributed by atoms with E-state index in [2.05, 4.69) is 196 Å². The van der Waals surface area contributed by atoms with Crippen LogP contribution in [0.25, 0.3) is 98.4 Å². The lowest BCUT2D eigenvalue weighted by Crippen LogP contribution is -2.15. The second-order valence-corrected chi connectivity index (χ2v) is 15.1. The van der Waals surface area contributed by atoms with Crippen LogP contribution in [0, 0.1) is 0 Å². The first-order chi connectivity index (χ1) is 26.1. The van der Waals surface area contributed by atoms with Crippen LogP contribution in [0.2, 0.25) is 0 Å². The standard InChI is InChI=1S/C53H36/c1-53(2)48-27-15-14-26-46(48)51-39-21-9-8-20-38(39)47-32-34(28-29-45(47)52(51)53)35-30-31-44(37-19-7-6-18-36(35)37)50-42-24-12-10-22-40(42)49(33-16-4-3-5-17-33)41-23-11-13-25-43(41)50/h3-32H,1-2H3. The van der Waals surface area contributed by atoms with Crippen LogP contribution in [-0.4, -0.2) is 0 Å². The lowest BCUT2D eigenvalue weighted by molar-refractivity contribution is 0.666. The lowest BCUT2D eigenvalue weighted by Gasteiger charge is -2.24. The number of fused-ring (bicyclic) bond motifs is 11. The highest BCUT2D eigenvalue weighted by Gasteiger charge is 2.38. The van der Waals surface area contributed by atoms with Gasteiger partial charge >= 0.3 is 0 Å². The second kappa shape index (κ2) is 11.2. The first kappa shape index (κ1) is 30.2. The zero-order valence-electron chi connectivity index (χ0n) is 29.8. The summed E-state index contributed by atoms with van der Waals surface area (Å²) in [7, 11) is 0. The fourth-order valence-corrected chi connectivity index (χ4v) is 9.77. The highest BCUT2D eigenvalue weighted by atomic mass is 14.4. The van der Waals surface area contributed by atoms with Crippen molar-refractivity contribution in [2.75, 3.05) is 0 Å². The van der Waals surface area contributed by atoms with E-state index < -0.39 is 0 Å². The molecule has 0 spiro atoms. The summed E-state index contributed by atoms with van der Waals surface area (Å²) in [5, 5.41) is 13.0. The van der Waals surface area contributed by atoms with Gasteiger partial charge in [-0.15, -0.1) is 0 Å². The Morgan fingerprint density at radius 1 is 0.283 bits per heavy atom. The van der Waals surface area contributed by atoms with Gasteiger partial charge < -0.3 is 0 Å². The molecule has 1 aliphatic carbocycles. The van der Waals surface area contributed by atoms with Crippen LogP contribution in [0.5, 0.6) is 0 Å². The maximum absolute atomic E-state index is 2.46. The third kappa shape index (κ3) is 4.24. The summed E-state index contributed by atoms with van der Waals surface area (Å²) in [6.45, 7) is 4.79. The van der Waals surface area contributed by atoms with Crippen LogP contribution < -0.4 is 0 Å². The van der Waals surface area contributed by atoms with Gasteiger partial charge in [-0.2, -0.15) is 0 Å². The van der Waals surface area contributed by atoms with Gasteiger partial charge in [0.05, 0.1) is 0 Å². The van der Waals surface area contributed by atoms with E-state index in [4.69, 9.17) is 0 Å². The molecule has 0 aromatic heterocycles. The van der Waals surface area contributed by atoms with Crippen molar-refractivity contribution in [3.05, 3.63) is 193 Å². The summed E-state index contributed by atoms with van der Waals surface area (Å²) in [5.41, 5.74) is 13.1. The number of hydrogen-bond acceptors (Lipinski definition) is 0. The molecule has 0 atom stereocenters. The predicted octanol–water partition coefficient (Wildman–Crippen LogP) is 14.8. The quantitative estimate of drug-likeness (QED) is 0.129. The van der Waals surface area contributed by atoms with Crippen LogP contribution in [0.15, 0.2) is 182 Å². The van der Waals surface area contributed by atoms with E-state index in [1.807, 2.05) is 0 Å². The van der Waals surface area contributed by atoms with Gasteiger partial charge in [0.25, 0.3) is 0 Å². The van der Waals surface area contributed by atoms with E-state index in [0.717, 1.165) is 0 Å². The van der Waals surface area contributed by atoms with E-state index in [1.165, 1.54) is 109 Å². The Bertz CT molecular complexity index is 3070. The van der Waals surface area contributed by atoms with Gasteiger partial charge in [0.15, 0.2) is 0 Å². The van der Waals surface area contributed by atoms with Gasteiger partial charge in [0.1, 0.15) is 0 Å².